The fraction of sp³-hybridized carbons (Fsp3) is 0.600. The van der Waals surface area contributed by atoms with Gasteiger partial charge in [0.15, 0.2) is 0 Å². The molecule has 0 saturated heterocycles. The summed E-state index contributed by atoms with van der Waals surface area (Å²) in [6, 6.07) is 6.03. The lowest BCUT2D eigenvalue weighted by molar-refractivity contribution is -0.147. The summed E-state index contributed by atoms with van der Waals surface area (Å²) < 4.78 is 11.7. The van der Waals surface area contributed by atoms with Crippen LogP contribution in [0.2, 0.25) is 0 Å². The highest BCUT2D eigenvalue weighted by molar-refractivity contribution is 5.41. The number of aryl methyl sites for hydroxylation is 1. The molecule has 0 bridgehead atoms. The van der Waals surface area contributed by atoms with E-state index in [2.05, 4.69) is 0 Å². The first-order valence-corrected chi connectivity index (χ1v) is 6.71. The van der Waals surface area contributed by atoms with Crippen LogP contribution in [-0.2, 0) is 4.74 Å². The number of ether oxygens (including phenoxy) is 2. The molecule has 1 fully saturated rings. The lowest BCUT2D eigenvalue weighted by atomic mass is 9.71. The zero-order valence-electron chi connectivity index (χ0n) is 11.0. The van der Waals surface area contributed by atoms with E-state index >= 15 is 0 Å². The minimum atomic E-state index is -0.406. The summed E-state index contributed by atoms with van der Waals surface area (Å²) in [4.78, 5) is 0. The van der Waals surface area contributed by atoms with Gasteiger partial charge in [-0.25, -0.2) is 0 Å². The topological polar surface area (TPSA) is 38.7 Å². The minimum Gasteiger partial charge on any atom is -0.487 e. The van der Waals surface area contributed by atoms with E-state index in [9.17, 15) is 5.11 Å². The Labute approximate surface area is 108 Å². The summed E-state index contributed by atoms with van der Waals surface area (Å²) in [5.74, 6) is 0.842. The molecule has 1 atom stereocenters. The maximum atomic E-state index is 10.3. The third-order valence-electron chi connectivity index (χ3n) is 4.02. The first-order chi connectivity index (χ1) is 8.62. The molecule has 3 rings (SSSR count). The fourth-order valence-corrected chi connectivity index (χ4v) is 3.13. The Morgan fingerprint density at radius 2 is 2.17 bits per heavy atom. The summed E-state index contributed by atoms with van der Waals surface area (Å²) >= 11 is 0. The molecule has 3 nitrogen and oxygen atoms in total. The molecule has 1 N–H and O–H groups in total. The number of aliphatic hydroxyl groups excluding tert-OH is 1. The minimum absolute atomic E-state index is 0.193. The number of rotatable bonds is 2. The fourth-order valence-electron chi connectivity index (χ4n) is 3.13. The molecule has 1 spiro atoms. The van der Waals surface area contributed by atoms with Crippen molar-refractivity contribution in [1.82, 2.24) is 0 Å². The second-order valence-corrected chi connectivity index (χ2v) is 5.53. The highest BCUT2D eigenvalue weighted by Crippen LogP contribution is 2.49. The normalized spacial score (nSPS) is 33.7. The Bertz CT molecular complexity index is 449. The van der Waals surface area contributed by atoms with Crippen LogP contribution in [0.15, 0.2) is 18.2 Å². The summed E-state index contributed by atoms with van der Waals surface area (Å²) in [5, 5.41) is 10.3. The number of hydrogen-bond acceptors (Lipinski definition) is 3. The van der Waals surface area contributed by atoms with E-state index in [0.717, 1.165) is 36.3 Å². The lowest BCUT2D eigenvalue weighted by Gasteiger charge is -2.50. The van der Waals surface area contributed by atoms with Gasteiger partial charge in [0, 0.05) is 31.4 Å². The van der Waals surface area contributed by atoms with Crippen LogP contribution in [0.4, 0.5) is 0 Å². The Kier molecular flexibility index (Phi) is 2.83. The molecule has 0 aromatic heterocycles. The van der Waals surface area contributed by atoms with Crippen molar-refractivity contribution in [3.63, 3.8) is 0 Å². The first kappa shape index (κ1) is 12.0. The maximum Gasteiger partial charge on any atom is 0.125 e. The number of hydrogen-bond donors (Lipinski definition) is 1. The van der Waals surface area contributed by atoms with Gasteiger partial charge in [-0.05, 0) is 26.0 Å². The molecular weight excluding hydrogens is 228 g/mol. The van der Waals surface area contributed by atoms with Gasteiger partial charge in [-0.15, -0.1) is 0 Å². The first-order valence-electron chi connectivity index (χ1n) is 6.71. The van der Waals surface area contributed by atoms with Crippen LogP contribution < -0.4 is 4.74 Å². The van der Waals surface area contributed by atoms with Crippen LogP contribution >= 0.6 is 0 Å². The maximum absolute atomic E-state index is 10.3. The number of benzene rings is 1. The summed E-state index contributed by atoms with van der Waals surface area (Å²) in [6.45, 7) is 4.80. The van der Waals surface area contributed by atoms with Crippen LogP contribution in [0.3, 0.4) is 0 Å². The molecule has 1 aliphatic carbocycles. The van der Waals surface area contributed by atoms with Crippen molar-refractivity contribution in [2.24, 2.45) is 0 Å². The molecule has 3 heteroatoms. The quantitative estimate of drug-likeness (QED) is 0.874. The molecule has 0 amide bonds. The molecule has 1 aliphatic heterocycles. The molecule has 98 valence electrons. The third kappa shape index (κ3) is 1.91. The molecule has 2 aliphatic rings. The van der Waals surface area contributed by atoms with Gasteiger partial charge in [-0.1, -0.05) is 11.6 Å². The van der Waals surface area contributed by atoms with E-state index in [0.29, 0.717) is 12.5 Å². The zero-order chi connectivity index (χ0) is 12.8. The second kappa shape index (κ2) is 4.25. The summed E-state index contributed by atoms with van der Waals surface area (Å²) in [7, 11) is 0. The Hall–Kier alpha value is -1.06. The molecular formula is C15H20O3. The van der Waals surface area contributed by atoms with E-state index in [1.54, 1.807) is 0 Å². The van der Waals surface area contributed by atoms with Crippen molar-refractivity contribution in [3.8, 4) is 5.75 Å². The molecule has 1 aromatic rings. The van der Waals surface area contributed by atoms with Crippen molar-refractivity contribution in [2.45, 2.75) is 50.9 Å². The Morgan fingerprint density at radius 3 is 2.89 bits per heavy atom. The third-order valence-corrected chi connectivity index (χ3v) is 4.02. The van der Waals surface area contributed by atoms with E-state index in [1.165, 1.54) is 0 Å². The molecule has 1 saturated carbocycles. The Balaban J connectivity index is 1.79. The predicted molar refractivity (Wildman–Crippen MR) is 68.8 cm³/mol. The average molecular weight is 248 g/mol. The highest BCUT2D eigenvalue weighted by atomic mass is 16.5. The largest absolute Gasteiger partial charge is 0.487 e. The van der Waals surface area contributed by atoms with Gasteiger partial charge in [0.05, 0.1) is 12.2 Å². The second-order valence-electron chi connectivity index (χ2n) is 5.53. The molecule has 1 unspecified atom stereocenters. The molecule has 1 heterocycles. The van der Waals surface area contributed by atoms with Gasteiger partial charge in [0.25, 0.3) is 0 Å². The van der Waals surface area contributed by atoms with Crippen molar-refractivity contribution in [1.29, 1.82) is 0 Å². The zero-order valence-corrected chi connectivity index (χ0v) is 11.0. The van der Waals surface area contributed by atoms with Gasteiger partial charge in [-0.2, -0.15) is 0 Å². The van der Waals surface area contributed by atoms with Crippen LogP contribution in [-0.4, -0.2) is 23.4 Å². The molecule has 18 heavy (non-hydrogen) atoms. The van der Waals surface area contributed by atoms with Crippen molar-refractivity contribution in [3.05, 3.63) is 29.3 Å². The van der Waals surface area contributed by atoms with Crippen molar-refractivity contribution >= 4 is 0 Å². The van der Waals surface area contributed by atoms with Crippen LogP contribution in [0, 0.1) is 6.92 Å². The van der Waals surface area contributed by atoms with Gasteiger partial charge >= 0.3 is 0 Å². The Morgan fingerprint density at radius 1 is 1.39 bits per heavy atom. The van der Waals surface area contributed by atoms with E-state index in [4.69, 9.17) is 9.47 Å². The standard InChI is InChI=1S/C15H20O3/c1-3-17-11-7-15(8-11)9-13(16)12-6-10(2)4-5-14(12)18-15/h4-6,11,13,16H,3,7-9H2,1-2H3. The summed E-state index contributed by atoms with van der Waals surface area (Å²) in [6.07, 6.45) is 2.37. The smallest absolute Gasteiger partial charge is 0.125 e. The van der Waals surface area contributed by atoms with Gasteiger partial charge in [-0.3, -0.25) is 0 Å². The van der Waals surface area contributed by atoms with Gasteiger partial charge in [0.2, 0.25) is 0 Å². The van der Waals surface area contributed by atoms with Crippen LogP contribution in [0.5, 0.6) is 5.75 Å². The number of fused-ring (bicyclic) bond motifs is 1. The molecule has 0 radical (unpaired) electrons. The van der Waals surface area contributed by atoms with Crippen LogP contribution in [0.1, 0.15) is 43.4 Å². The SMILES string of the molecule is CCOC1CC2(C1)CC(O)c1cc(C)ccc1O2. The average Bonchev–Trinajstić information content (AvgIpc) is 2.29. The van der Waals surface area contributed by atoms with Gasteiger partial charge < -0.3 is 14.6 Å². The van der Waals surface area contributed by atoms with E-state index in [-0.39, 0.29) is 5.60 Å². The highest BCUT2D eigenvalue weighted by Gasteiger charge is 2.51. The van der Waals surface area contributed by atoms with E-state index in [1.807, 2.05) is 32.0 Å². The van der Waals surface area contributed by atoms with Crippen LogP contribution in [0.25, 0.3) is 0 Å². The van der Waals surface area contributed by atoms with Crippen molar-refractivity contribution in [2.75, 3.05) is 6.61 Å². The van der Waals surface area contributed by atoms with E-state index < -0.39 is 6.10 Å². The lowest BCUT2D eigenvalue weighted by Crippen LogP contribution is -2.55. The molecule has 1 aromatic carbocycles. The number of aliphatic hydroxyl groups is 1. The van der Waals surface area contributed by atoms with Gasteiger partial charge in [0.1, 0.15) is 11.4 Å². The summed E-state index contributed by atoms with van der Waals surface area (Å²) in [5.41, 5.74) is 1.90. The predicted octanol–water partition coefficient (Wildman–Crippen LogP) is 2.75. The monoisotopic (exact) mass is 248 g/mol. The van der Waals surface area contributed by atoms with Crippen molar-refractivity contribution < 1.29 is 14.6 Å².